The maximum atomic E-state index is 12.1. The van der Waals surface area contributed by atoms with Crippen LogP contribution >= 0.6 is 11.8 Å². The summed E-state index contributed by atoms with van der Waals surface area (Å²) in [5, 5.41) is 3.96. The van der Waals surface area contributed by atoms with Crippen LogP contribution < -0.4 is 14.8 Å². The van der Waals surface area contributed by atoms with Crippen LogP contribution in [0.5, 0.6) is 11.5 Å². The Kier molecular flexibility index (Phi) is 4.68. The molecule has 0 bridgehead atoms. The molecule has 0 radical (unpaired) electrons. The van der Waals surface area contributed by atoms with Crippen molar-refractivity contribution in [3.8, 4) is 11.5 Å². The number of benzene rings is 1. The first kappa shape index (κ1) is 13.7. The normalized spacial score (nSPS) is 13.7. The third-order valence-electron chi connectivity index (χ3n) is 2.69. The van der Waals surface area contributed by atoms with Gasteiger partial charge in [-0.3, -0.25) is 9.79 Å². The van der Waals surface area contributed by atoms with Crippen molar-refractivity contribution in [2.24, 2.45) is 4.99 Å². The second-order valence-corrected chi connectivity index (χ2v) is 4.86. The van der Waals surface area contributed by atoms with Crippen molar-refractivity contribution >= 4 is 22.7 Å². The van der Waals surface area contributed by atoms with Gasteiger partial charge >= 0.3 is 0 Å². The highest BCUT2D eigenvalue weighted by molar-refractivity contribution is 8.14. The topological polar surface area (TPSA) is 59.9 Å². The molecule has 0 unspecified atom stereocenters. The zero-order valence-electron chi connectivity index (χ0n) is 10.9. The zero-order valence-corrected chi connectivity index (χ0v) is 11.8. The molecular weight excluding hydrogens is 264 g/mol. The first-order valence-electron chi connectivity index (χ1n) is 5.91. The molecule has 1 aromatic carbocycles. The van der Waals surface area contributed by atoms with Crippen molar-refractivity contribution in [3.05, 3.63) is 23.8 Å². The lowest BCUT2D eigenvalue weighted by Gasteiger charge is -2.09. The number of rotatable bonds is 5. The number of carbonyl (C=O) groups is 1. The predicted molar refractivity (Wildman–Crippen MR) is 76.6 cm³/mol. The molecule has 0 saturated heterocycles. The molecule has 5 nitrogen and oxygen atoms in total. The van der Waals surface area contributed by atoms with E-state index >= 15 is 0 Å². The maximum absolute atomic E-state index is 12.1. The minimum Gasteiger partial charge on any atom is -0.493 e. The molecule has 1 aromatic rings. The van der Waals surface area contributed by atoms with Crippen LogP contribution in [0, 0.1) is 0 Å². The Morgan fingerprint density at radius 2 is 2.16 bits per heavy atom. The molecule has 0 spiro atoms. The highest BCUT2D eigenvalue weighted by atomic mass is 32.2. The number of thioether (sulfide) groups is 1. The SMILES string of the molecule is COc1ccc(C(=O)CSC2=NCCN2)cc1OC. The molecule has 0 atom stereocenters. The van der Waals surface area contributed by atoms with Gasteiger partial charge in [0.25, 0.3) is 0 Å². The molecule has 0 aromatic heterocycles. The number of aliphatic imine (C=N–C) groups is 1. The van der Waals surface area contributed by atoms with Crippen LogP contribution in [0.2, 0.25) is 0 Å². The third kappa shape index (κ3) is 3.41. The standard InChI is InChI=1S/C13H16N2O3S/c1-17-11-4-3-9(7-12(11)18-2)10(16)8-19-13-14-5-6-15-13/h3-4,7H,5-6,8H2,1-2H3,(H,14,15). The van der Waals surface area contributed by atoms with Crippen LogP contribution in [0.4, 0.5) is 0 Å². The number of ketones is 1. The van der Waals surface area contributed by atoms with E-state index in [1.165, 1.54) is 11.8 Å². The van der Waals surface area contributed by atoms with Crippen LogP contribution in [0.1, 0.15) is 10.4 Å². The van der Waals surface area contributed by atoms with Gasteiger partial charge in [-0.15, -0.1) is 0 Å². The molecule has 2 rings (SSSR count). The summed E-state index contributed by atoms with van der Waals surface area (Å²) in [6.45, 7) is 1.64. The van der Waals surface area contributed by atoms with Crippen LogP contribution in [-0.2, 0) is 0 Å². The van der Waals surface area contributed by atoms with Crippen molar-refractivity contribution in [2.75, 3.05) is 33.1 Å². The molecule has 1 aliphatic rings. The second kappa shape index (κ2) is 6.47. The van der Waals surface area contributed by atoms with Crippen molar-refractivity contribution < 1.29 is 14.3 Å². The van der Waals surface area contributed by atoms with Gasteiger partial charge in [0.1, 0.15) is 0 Å². The highest BCUT2D eigenvalue weighted by Gasteiger charge is 2.13. The average Bonchev–Trinajstić information content (AvgIpc) is 2.97. The quantitative estimate of drug-likeness (QED) is 0.830. The molecule has 1 heterocycles. The number of methoxy groups -OCH3 is 2. The average molecular weight is 280 g/mol. The summed E-state index contributed by atoms with van der Waals surface area (Å²) in [7, 11) is 3.12. The molecule has 1 N–H and O–H groups in total. The molecule has 0 fully saturated rings. The number of amidine groups is 1. The summed E-state index contributed by atoms with van der Waals surface area (Å²) < 4.78 is 10.3. The molecule has 0 amide bonds. The van der Waals surface area contributed by atoms with Crippen LogP contribution in [-0.4, -0.2) is 44.0 Å². The first-order valence-corrected chi connectivity index (χ1v) is 6.89. The monoisotopic (exact) mass is 280 g/mol. The summed E-state index contributed by atoms with van der Waals surface area (Å²) in [5.74, 6) is 1.59. The van der Waals surface area contributed by atoms with E-state index in [4.69, 9.17) is 9.47 Å². The molecule has 0 saturated carbocycles. The summed E-state index contributed by atoms with van der Waals surface area (Å²) in [6, 6.07) is 5.18. The Balaban J connectivity index is 2.02. The van der Waals surface area contributed by atoms with E-state index in [0.29, 0.717) is 22.8 Å². The largest absolute Gasteiger partial charge is 0.493 e. The van der Waals surface area contributed by atoms with Gasteiger partial charge in [0.15, 0.2) is 22.4 Å². The third-order valence-corrected chi connectivity index (χ3v) is 3.64. The number of nitrogens with one attached hydrogen (secondary N) is 1. The van der Waals surface area contributed by atoms with Crippen molar-refractivity contribution in [1.82, 2.24) is 5.32 Å². The Hall–Kier alpha value is -1.69. The number of hydrogen-bond acceptors (Lipinski definition) is 6. The number of Topliss-reactive ketones (excluding diaryl/α,β-unsaturated/α-hetero) is 1. The van der Waals surface area contributed by atoms with Crippen LogP contribution in [0.25, 0.3) is 0 Å². The van der Waals surface area contributed by atoms with E-state index in [9.17, 15) is 4.79 Å². The minimum absolute atomic E-state index is 0.0438. The van der Waals surface area contributed by atoms with E-state index in [1.54, 1.807) is 32.4 Å². The number of ether oxygens (including phenoxy) is 2. The lowest BCUT2D eigenvalue weighted by molar-refractivity contribution is 0.102. The van der Waals surface area contributed by atoms with Gasteiger partial charge < -0.3 is 14.8 Å². The fraction of sp³-hybridized carbons (Fsp3) is 0.385. The Morgan fingerprint density at radius 1 is 1.37 bits per heavy atom. The smallest absolute Gasteiger partial charge is 0.173 e. The molecule has 102 valence electrons. The Labute approximate surface area is 116 Å². The Bertz CT molecular complexity index is 503. The molecule has 0 aliphatic carbocycles. The van der Waals surface area contributed by atoms with E-state index in [1.807, 2.05) is 0 Å². The fourth-order valence-electron chi connectivity index (χ4n) is 1.70. The maximum Gasteiger partial charge on any atom is 0.173 e. The fourth-order valence-corrected chi connectivity index (χ4v) is 2.52. The van der Waals surface area contributed by atoms with Crippen LogP contribution in [0.15, 0.2) is 23.2 Å². The summed E-state index contributed by atoms with van der Waals surface area (Å²) in [4.78, 5) is 16.3. The van der Waals surface area contributed by atoms with Gasteiger partial charge in [-0.05, 0) is 18.2 Å². The van der Waals surface area contributed by atoms with Gasteiger partial charge in [-0.1, -0.05) is 11.8 Å². The van der Waals surface area contributed by atoms with E-state index < -0.39 is 0 Å². The van der Waals surface area contributed by atoms with Crippen molar-refractivity contribution in [3.63, 3.8) is 0 Å². The molecule has 19 heavy (non-hydrogen) atoms. The van der Waals surface area contributed by atoms with E-state index in [-0.39, 0.29) is 5.78 Å². The van der Waals surface area contributed by atoms with Gasteiger partial charge in [-0.2, -0.15) is 0 Å². The number of hydrogen-bond donors (Lipinski definition) is 1. The van der Waals surface area contributed by atoms with E-state index in [2.05, 4.69) is 10.3 Å². The van der Waals surface area contributed by atoms with Gasteiger partial charge in [0.05, 0.1) is 26.5 Å². The summed E-state index contributed by atoms with van der Waals surface area (Å²) in [6.07, 6.45) is 0. The lowest BCUT2D eigenvalue weighted by atomic mass is 10.1. The zero-order chi connectivity index (χ0) is 13.7. The van der Waals surface area contributed by atoms with Crippen LogP contribution in [0.3, 0.4) is 0 Å². The molecule has 1 aliphatic heterocycles. The Morgan fingerprint density at radius 3 is 2.79 bits per heavy atom. The first-order chi connectivity index (χ1) is 9.24. The van der Waals surface area contributed by atoms with Crippen molar-refractivity contribution in [1.29, 1.82) is 0 Å². The summed E-state index contributed by atoms with van der Waals surface area (Å²) >= 11 is 1.43. The lowest BCUT2D eigenvalue weighted by Crippen LogP contribution is -2.17. The second-order valence-electron chi connectivity index (χ2n) is 3.90. The highest BCUT2D eigenvalue weighted by Crippen LogP contribution is 2.28. The van der Waals surface area contributed by atoms with Gasteiger partial charge in [0.2, 0.25) is 0 Å². The summed E-state index contributed by atoms with van der Waals surface area (Å²) in [5.41, 5.74) is 0.615. The van der Waals surface area contributed by atoms with E-state index in [0.717, 1.165) is 18.3 Å². The molecular formula is C13H16N2O3S. The molecule has 6 heteroatoms. The van der Waals surface area contributed by atoms with Crippen molar-refractivity contribution in [2.45, 2.75) is 0 Å². The predicted octanol–water partition coefficient (Wildman–Crippen LogP) is 1.58. The number of nitrogens with zero attached hydrogens (tertiary/aromatic N) is 1. The minimum atomic E-state index is 0.0438. The van der Waals surface area contributed by atoms with Gasteiger partial charge in [-0.25, -0.2) is 0 Å². The number of carbonyl (C=O) groups excluding carboxylic acids is 1. The van der Waals surface area contributed by atoms with Gasteiger partial charge in [0, 0.05) is 12.1 Å².